The van der Waals surface area contributed by atoms with Crippen molar-refractivity contribution in [3.63, 3.8) is 0 Å². The van der Waals surface area contributed by atoms with Gasteiger partial charge in [0.15, 0.2) is 5.78 Å². The molecule has 0 bridgehead atoms. The van der Waals surface area contributed by atoms with Gasteiger partial charge in [0.05, 0.1) is 12.2 Å². The second-order valence-corrected chi connectivity index (χ2v) is 10.2. The second-order valence-electron chi connectivity index (χ2n) is 10.2. The zero-order chi connectivity index (χ0) is 25.1. The Bertz CT molecular complexity index is 685. The van der Waals surface area contributed by atoms with Crippen LogP contribution in [0.25, 0.3) is 0 Å². The normalized spacial score (nSPS) is 11.4. The van der Waals surface area contributed by atoms with Crippen LogP contribution in [-0.2, 0) is 16.0 Å². The van der Waals surface area contributed by atoms with Gasteiger partial charge >= 0.3 is 0 Å². The van der Waals surface area contributed by atoms with Crippen molar-refractivity contribution in [1.29, 1.82) is 0 Å². The molecule has 0 heterocycles. The molecule has 34 heavy (non-hydrogen) atoms. The number of hydrogen-bond donors (Lipinski definition) is 1. The van der Waals surface area contributed by atoms with Crippen molar-refractivity contribution in [2.45, 2.75) is 122 Å². The summed E-state index contributed by atoms with van der Waals surface area (Å²) in [5.74, 6) is 0.992. The van der Waals surface area contributed by atoms with Crippen molar-refractivity contribution < 1.29 is 19.4 Å². The molecule has 0 saturated carbocycles. The first-order chi connectivity index (χ1) is 16.3. The molecule has 0 amide bonds. The fourth-order valence-electron chi connectivity index (χ4n) is 4.04. The molecule has 1 aromatic rings. The number of Topliss-reactive ketones (excluding diaryl/α,β-unsaturated/α-hetero) is 1. The van der Waals surface area contributed by atoms with E-state index in [1.807, 2.05) is 38.1 Å². The molecule has 0 aromatic heterocycles. The Morgan fingerprint density at radius 2 is 1.32 bits per heavy atom. The largest absolute Gasteiger partial charge is 0.493 e. The van der Waals surface area contributed by atoms with Crippen molar-refractivity contribution in [2.24, 2.45) is 0 Å². The highest BCUT2D eigenvalue weighted by Crippen LogP contribution is 2.17. The van der Waals surface area contributed by atoms with Crippen LogP contribution in [0.2, 0.25) is 0 Å². The van der Waals surface area contributed by atoms with Gasteiger partial charge in [-0.1, -0.05) is 89.3 Å². The van der Waals surface area contributed by atoms with Crippen molar-refractivity contribution in [2.75, 3.05) is 6.61 Å². The quantitative estimate of drug-likeness (QED) is 0.140. The maximum atomic E-state index is 12.2. The molecule has 0 radical (unpaired) electrons. The first-order valence-electron chi connectivity index (χ1n) is 13.4. The van der Waals surface area contributed by atoms with Gasteiger partial charge in [-0.05, 0) is 50.5 Å². The lowest BCUT2D eigenvalue weighted by atomic mass is 9.99. The SMILES string of the molecule is C=CC(=O)CCOc1ccc(CC(=O)CCCCCCCCCCCCCCC(C)(C)O)cc1. The molecule has 0 atom stereocenters. The smallest absolute Gasteiger partial charge is 0.158 e. The number of carbonyl (C=O) groups is 2. The summed E-state index contributed by atoms with van der Waals surface area (Å²) in [5.41, 5.74) is 0.503. The van der Waals surface area contributed by atoms with Gasteiger partial charge in [0.1, 0.15) is 11.5 Å². The van der Waals surface area contributed by atoms with Crippen LogP contribution in [0.3, 0.4) is 0 Å². The van der Waals surface area contributed by atoms with Crippen LogP contribution in [0, 0.1) is 0 Å². The third kappa shape index (κ3) is 17.5. The van der Waals surface area contributed by atoms with Gasteiger partial charge in [-0.3, -0.25) is 9.59 Å². The molecule has 1 rings (SSSR count). The highest BCUT2D eigenvalue weighted by molar-refractivity contribution is 5.89. The van der Waals surface area contributed by atoms with Gasteiger partial charge in [-0.2, -0.15) is 0 Å². The average Bonchev–Trinajstić information content (AvgIpc) is 2.79. The lowest BCUT2D eigenvalue weighted by Crippen LogP contribution is -2.17. The Labute approximate surface area is 208 Å². The topological polar surface area (TPSA) is 63.6 Å². The first-order valence-corrected chi connectivity index (χ1v) is 13.4. The van der Waals surface area contributed by atoms with Gasteiger partial charge in [0, 0.05) is 19.3 Å². The van der Waals surface area contributed by atoms with E-state index in [0.717, 1.165) is 37.0 Å². The molecule has 4 nitrogen and oxygen atoms in total. The van der Waals surface area contributed by atoms with Crippen LogP contribution >= 0.6 is 0 Å². The molecule has 192 valence electrons. The van der Waals surface area contributed by atoms with E-state index in [1.54, 1.807) is 0 Å². The predicted octanol–water partition coefficient (Wildman–Crippen LogP) is 7.55. The first kappa shape index (κ1) is 30.1. The van der Waals surface area contributed by atoms with E-state index in [2.05, 4.69) is 6.58 Å². The Kier molecular flexibility index (Phi) is 16.3. The zero-order valence-electron chi connectivity index (χ0n) is 21.8. The molecule has 0 fully saturated rings. The number of unbranched alkanes of at least 4 members (excludes halogenated alkanes) is 11. The predicted molar refractivity (Wildman–Crippen MR) is 141 cm³/mol. The van der Waals surface area contributed by atoms with Crippen molar-refractivity contribution in [1.82, 2.24) is 0 Å². The maximum absolute atomic E-state index is 12.2. The second kappa shape index (κ2) is 18.4. The van der Waals surface area contributed by atoms with Crippen LogP contribution in [0.1, 0.15) is 116 Å². The van der Waals surface area contributed by atoms with Crippen molar-refractivity contribution >= 4 is 11.6 Å². The van der Waals surface area contributed by atoms with Crippen LogP contribution in [0.4, 0.5) is 0 Å². The van der Waals surface area contributed by atoms with Crippen LogP contribution in [-0.4, -0.2) is 28.9 Å². The molecule has 1 N–H and O–H groups in total. The number of ketones is 2. The number of aliphatic hydroxyl groups is 1. The molecule has 0 aliphatic rings. The molecule has 0 unspecified atom stereocenters. The maximum Gasteiger partial charge on any atom is 0.158 e. The summed E-state index contributed by atoms with van der Waals surface area (Å²) in [4.78, 5) is 23.4. The summed E-state index contributed by atoms with van der Waals surface area (Å²) in [6, 6.07) is 7.58. The highest BCUT2D eigenvalue weighted by atomic mass is 16.5. The van der Waals surface area contributed by atoms with Gasteiger partial charge in [-0.25, -0.2) is 0 Å². The van der Waals surface area contributed by atoms with Crippen molar-refractivity contribution in [3.8, 4) is 5.75 Å². The minimum absolute atomic E-state index is 0.0244. The van der Waals surface area contributed by atoms with E-state index in [9.17, 15) is 14.7 Å². The molecule has 0 spiro atoms. The number of allylic oxidation sites excluding steroid dienone is 1. The number of hydrogen-bond acceptors (Lipinski definition) is 4. The number of rotatable bonds is 22. The standard InChI is InChI=1S/C30H48O4/c1-4-27(31)22-24-34-29-20-18-26(19-21-29)25-28(32)17-15-13-11-9-7-5-6-8-10-12-14-16-23-30(2,3)33/h4,18-21,33H,1,5-17,22-25H2,2-3H3. The van der Waals surface area contributed by atoms with E-state index in [0.29, 0.717) is 31.7 Å². The Morgan fingerprint density at radius 3 is 1.82 bits per heavy atom. The molecule has 4 heteroatoms. The molecular formula is C30H48O4. The van der Waals surface area contributed by atoms with Gasteiger partial charge in [-0.15, -0.1) is 0 Å². The summed E-state index contributed by atoms with van der Waals surface area (Å²) in [5, 5.41) is 9.70. The van der Waals surface area contributed by atoms with Crippen LogP contribution < -0.4 is 4.74 Å². The average molecular weight is 473 g/mol. The summed E-state index contributed by atoms with van der Waals surface area (Å²) in [6.07, 6.45) is 18.6. The Hall–Kier alpha value is -1.94. The Balaban J connectivity index is 1.94. The number of benzene rings is 1. The summed E-state index contributed by atoms with van der Waals surface area (Å²) < 4.78 is 5.54. The molecule has 0 aliphatic carbocycles. The molecule has 1 aromatic carbocycles. The van der Waals surface area contributed by atoms with Crippen LogP contribution in [0.15, 0.2) is 36.9 Å². The van der Waals surface area contributed by atoms with Crippen LogP contribution in [0.5, 0.6) is 5.75 Å². The molecular weight excluding hydrogens is 424 g/mol. The van der Waals surface area contributed by atoms with E-state index in [1.165, 1.54) is 63.9 Å². The third-order valence-corrected chi connectivity index (χ3v) is 6.16. The van der Waals surface area contributed by atoms with E-state index in [4.69, 9.17) is 4.74 Å². The van der Waals surface area contributed by atoms with E-state index in [-0.39, 0.29) is 5.78 Å². The minimum atomic E-state index is -0.508. The Morgan fingerprint density at radius 1 is 0.824 bits per heavy atom. The van der Waals surface area contributed by atoms with Gasteiger partial charge < -0.3 is 9.84 Å². The fraction of sp³-hybridized carbons (Fsp3) is 0.667. The number of ether oxygens (including phenoxy) is 1. The summed E-state index contributed by atoms with van der Waals surface area (Å²) >= 11 is 0. The summed E-state index contributed by atoms with van der Waals surface area (Å²) in [6.45, 7) is 7.57. The summed E-state index contributed by atoms with van der Waals surface area (Å²) in [7, 11) is 0. The molecule has 0 aliphatic heterocycles. The third-order valence-electron chi connectivity index (χ3n) is 6.16. The number of carbonyl (C=O) groups excluding carboxylic acids is 2. The lowest BCUT2D eigenvalue weighted by Gasteiger charge is -2.16. The van der Waals surface area contributed by atoms with E-state index < -0.39 is 5.60 Å². The lowest BCUT2D eigenvalue weighted by molar-refractivity contribution is -0.118. The van der Waals surface area contributed by atoms with Crippen molar-refractivity contribution in [3.05, 3.63) is 42.5 Å². The van der Waals surface area contributed by atoms with Gasteiger partial charge in [0.2, 0.25) is 0 Å². The fourth-order valence-corrected chi connectivity index (χ4v) is 4.04. The minimum Gasteiger partial charge on any atom is -0.493 e. The monoisotopic (exact) mass is 472 g/mol. The zero-order valence-corrected chi connectivity index (χ0v) is 21.8. The van der Waals surface area contributed by atoms with E-state index >= 15 is 0 Å². The highest BCUT2D eigenvalue weighted by Gasteiger charge is 2.10. The van der Waals surface area contributed by atoms with Gasteiger partial charge in [0.25, 0.3) is 0 Å². The molecule has 0 saturated heterocycles.